The second-order valence-electron chi connectivity index (χ2n) is 6.32. The first-order valence-electron chi connectivity index (χ1n) is 8.87. The molecule has 0 unspecified atom stereocenters. The van der Waals surface area contributed by atoms with Gasteiger partial charge in [0.05, 0.1) is 13.2 Å². The van der Waals surface area contributed by atoms with Gasteiger partial charge in [-0.1, -0.05) is 19.1 Å². The lowest BCUT2D eigenvalue weighted by atomic mass is 10.1. The number of ether oxygens (including phenoxy) is 1. The Morgan fingerprint density at radius 3 is 2.77 bits per heavy atom. The van der Waals surface area contributed by atoms with Crippen LogP contribution >= 0.6 is 0 Å². The van der Waals surface area contributed by atoms with Crippen LogP contribution in [0, 0.1) is 6.92 Å². The fraction of sp³-hybridized carbons (Fsp3) is 0.421. The zero-order valence-corrected chi connectivity index (χ0v) is 15.2. The number of rotatable bonds is 5. The van der Waals surface area contributed by atoms with E-state index in [0.29, 0.717) is 37.9 Å². The summed E-state index contributed by atoms with van der Waals surface area (Å²) in [6.45, 7) is 6.24. The molecule has 3 rings (SSSR count). The third kappa shape index (κ3) is 4.29. The van der Waals surface area contributed by atoms with Crippen molar-refractivity contribution in [1.29, 1.82) is 0 Å². The Morgan fingerprint density at radius 2 is 2.04 bits per heavy atom. The molecule has 1 amide bonds. The SMILES string of the molecule is CCc1cccc(NC(=O)Cn2c(N3CCOCC3)nc(C)cc2=O)c1. The predicted molar refractivity (Wildman–Crippen MR) is 101 cm³/mol. The zero-order valence-electron chi connectivity index (χ0n) is 15.2. The number of aryl methyl sites for hydroxylation is 2. The van der Waals surface area contributed by atoms with Crippen LogP contribution in [0.15, 0.2) is 35.1 Å². The first kappa shape index (κ1) is 18.1. The van der Waals surface area contributed by atoms with Crippen molar-refractivity contribution in [2.24, 2.45) is 0 Å². The summed E-state index contributed by atoms with van der Waals surface area (Å²) in [6, 6.07) is 9.16. The molecule has 0 saturated carbocycles. The molecule has 0 radical (unpaired) electrons. The summed E-state index contributed by atoms with van der Waals surface area (Å²) in [5, 5.41) is 2.87. The maximum atomic E-state index is 12.5. The average Bonchev–Trinajstić information content (AvgIpc) is 2.64. The molecule has 0 bridgehead atoms. The lowest BCUT2D eigenvalue weighted by molar-refractivity contribution is -0.116. The second kappa shape index (κ2) is 8.14. The number of amides is 1. The highest BCUT2D eigenvalue weighted by atomic mass is 16.5. The topological polar surface area (TPSA) is 76.5 Å². The standard InChI is InChI=1S/C19H24N4O3/c1-3-15-5-4-6-16(12-15)21-17(24)13-23-18(25)11-14(2)20-19(23)22-7-9-26-10-8-22/h4-6,11-12H,3,7-10,13H2,1-2H3,(H,21,24). The van der Waals surface area contributed by atoms with Crippen molar-refractivity contribution in [3.8, 4) is 0 Å². The maximum Gasteiger partial charge on any atom is 0.255 e. The van der Waals surface area contributed by atoms with Crippen molar-refractivity contribution in [3.63, 3.8) is 0 Å². The molecule has 0 aliphatic carbocycles. The minimum Gasteiger partial charge on any atom is -0.378 e. The van der Waals surface area contributed by atoms with Crippen molar-refractivity contribution in [2.45, 2.75) is 26.8 Å². The number of hydrogen-bond donors (Lipinski definition) is 1. The van der Waals surface area contributed by atoms with E-state index < -0.39 is 0 Å². The molecule has 7 nitrogen and oxygen atoms in total. The lowest BCUT2D eigenvalue weighted by Gasteiger charge is -2.29. The number of morpholine rings is 1. The quantitative estimate of drug-likeness (QED) is 0.880. The van der Waals surface area contributed by atoms with Crippen LogP contribution in [0.1, 0.15) is 18.2 Å². The Kier molecular flexibility index (Phi) is 5.68. The Bertz CT molecular complexity index is 841. The van der Waals surface area contributed by atoms with E-state index in [1.807, 2.05) is 29.2 Å². The molecule has 1 aromatic heterocycles. The van der Waals surface area contributed by atoms with Gasteiger partial charge in [-0.2, -0.15) is 0 Å². The molecule has 2 heterocycles. The summed E-state index contributed by atoms with van der Waals surface area (Å²) in [5.41, 5.74) is 2.29. The highest BCUT2D eigenvalue weighted by molar-refractivity contribution is 5.90. The Hall–Kier alpha value is -2.67. The van der Waals surface area contributed by atoms with E-state index in [-0.39, 0.29) is 18.0 Å². The molecule has 1 fully saturated rings. The van der Waals surface area contributed by atoms with Crippen LogP contribution in [0.2, 0.25) is 0 Å². The first-order chi connectivity index (χ1) is 12.6. The van der Waals surface area contributed by atoms with Gasteiger partial charge in [-0.25, -0.2) is 4.98 Å². The third-order valence-corrected chi connectivity index (χ3v) is 4.33. The van der Waals surface area contributed by atoms with Crippen molar-refractivity contribution in [3.05, 3.63) is 51.9 Å². The molecule has 138 valence electrons. The number of carbonyl (C=O) groups is 1. The summed E-state index contributed by atoms with van der Waals surface area (Å²) in [6.07, 6.45) is 0.895. The van der Waals surface area contributed by atoms with Gasteiger partial charge in [0, 0.05) is 30.5 Å². The number of benzene rings is 1. The largest absolute Gasteiger partial charge is 0.378 e. The van der Waals surface area contributed by atoms with E-state index in [1.165, 1.54) is 10.6 Å². The molecule has 1 N–H and O–H groups in total. The minimum absolute atomic E-state index is 0.0742. The Morgan fingerprint density at radius 1 is 1.27 bits per heavy atom. The molecule has 26 heavy (non-hydrogen) atoms. The normalized spacial score (nSPS) is 14.3. The fourth-order valence-electron chi connectivity index (χ4n) is 2.97. The van der Waals surface area contributed by atoms with Gasteiger partial charge in [0.1, 0.15) is 6.54 Å². The number of nitrogens with zero attached hydrogens (tertiary/aromatic N) is 3. The smallest absolute Gasteiger partial charge is 0.255 e. The van der Waals surface area contributed by atoms with Crippen LogP contribution in [0.5, 0.6) is 0 Å². The van der Waals surface area contributed by atoms with Crippen LogP contribution < -0.4 is 15.8 Å². The van der Waals surface area contributed by atoms with Crippen LogP contribution in [0.3, 0.4) is 0 Å². The van der Waals surface area contributed by atoms with Gasteiger partial charge in [-0.15, -0.1) is 0 Å². The third-order valence-electron chi connectivity index (χ3n) is 4.33. The van der Waals surface area contributed by atoms with E-state index in [1.54, 1.807) is 6.92 Å². The van der Waals surface area contributed by atoms with E-state index in [2.05, 4.69) is 17.2 Å². The van der Waals surface area contributed by atoms with Crippen LogP contribution in [0.4, 0.5) is 11.6 Å². The van der Waals surface area contributed by atoms with E-state index in [4.69, 9.17) is 4.74 Å². The Balaban J connectivity index is 1.81. The molecule has 0 spiro atoms. The summed E-state index contributed by atoms with van der Waals surface area (Å²) in [7, 11) is 0. The summed E-state index contributed by atoms with van der Waals surface area (Å²) >= 11 is 0. The van der Waals surface area contributed by atoms with E-state index in [9.17, 15) is 9.59 Å². The van der Waals surface area contributed by atoms with Crippen molar-refractivity contribution < 1.29 is 9.53 Å². The second-order valence-corrected chi connectivity index (χ2v) is 6.32. The van der Waals surface area contributed by atoms with Crippen molar-refractivity contribution >= 4 is 17.5 Å². The van der Waals surface area contributed by atoms with Crippen molar-refractivity contribution in [2.75, 3.05) is 36.5 Å². The van der Waals surface area contributed by atoms with Gasteiger partial charge < -0.3 is 15.0 Å². The van der Waals surface area contributed by atoms with Gasteiger partial charge in [-0.05, 0) is 31.0 Å². The molecule has 1 saturated heterocycles. The number of hydrogen-bond acceptors (Lipinski definition) is 5. The molecule has 7 heteroatoms. The Labute approximate surface area is 152 Å². The molecule has 1 aliphatic heterocycles. The fourth-order valence-corrected chi connectivity index (χ4v) is 2.97. The maximum absolute atomic E-state index is 12.5. The summed E-state index contributed by atoms with van der Waals surface area (Å²) in [5.74, 6) is 0.274. The molecule has 1 aliphatic rings. The summed E-state index contributed by atoms with van der Waals surface area (Å²) < 4.78 is 6.80. The number of carbonyl (C=O) groups excluding carboxylic acids is 1. The number of nitrogens with one attached hydrogen (secondary N) is 1. The van der Waals surface area contributed by atoms with Gasteiger partial charge in [-0.3, -0.25) is 14.2 Å². The molecule has 1 aromatic carbocycles. The van der Waals surface area contributed by atoms with Crippen molar-refractivity contribution in [1.82, 2.24) is 9.55 Å². The molecule has 0 atom stereocenters. The van der Waals surface area contributed by atoms with E-state index in [0.717, 1.165) is 17.7 Å². The average molecular weight is 356 g/mol. The first-order valence-corrected chi connectivity index (χ1v) is 8.87. The number of aromatic nitrogens is 2. The molecular formula is C19H24N4O3. The van der Waals surface area contributed by atoms with Gasteiger partial charge in [0.2, 0.25) is 11.9 Å². The van der Waals surface area contributed by atoms with Crippen LogP contribution in [-0.4, -0.2) is 41.8 Å². The highest BCUT2D eigenvalue weighted by Gasteiger charge is 2.19. The predicted octanol–water partition coefficient (Wildman–Crippen LogP) is 1.59. The minimum atomic E-state index is -0.250. The zero-order chi connectivity index (χ0) is 18.5. The highest BCUT2D eigenvalue weighted by Crippen LogP contribution is 2.14. The molecular weight excluding hydrogens is 332 g/mol. The molecule has 2 aromatic rings. The van der Waals surface area contributed by atoms with Gasteiger partial charge in [0.25, 0.3) is 5.56 Å². The van der Waals surface area contributed by atoms with Crippen LogP contribution in [-0.2, 0) is 22.5 Å². The van der Waals surface area contributed by atoms with Gasteiger partial charge >= 0.3 is 0 Å². The van der Waals surface area contributed by atoms with E-state index >= 15 is 0 Å². The van der Waals surface area contributed by atoms with Gasteiger partial charge in [0.15, 0.2) is 0 Å². The summed E-state index contributed by atoms with van der Waals surface area (Å²) in [4.78, 5) is 31.5. The monoisotopic (exact) mass is 356 g/mol. The lowest BCUT2D eigenvalue weighted by Crippen LogP contribution is -2.41. The van der Waals surface area contributed by atoms with Crippen LogP contribution in [0.25, 0.3) is 0 Å². The number of anilines is 2.